The third kappa shape index (κ3) is 4.48. The summed E-state index contributed by atoms with van der Waals surface area (Å²) < 4.78 is 5.32. The Hall–Kier alpha value is -2.88. The maximum atomic E-state index is 12.8. The third-order valence-corrected chi connectivity index (χ3v) is 7.21. The first-order valence-electron chi connectivity index (χ1n) is 11.5. The van der Waals surface area contributed by atoms with Crippen molar-refractivity contribution in [1.82, 2.24) is 30.0 Å². The SMILES string of the molecule is CC(C)C[C@@H]1COC(=O)N1C1CCN(C(=O)CSc2nnc3c(n2)[nH]c2ccccc23)CC1. The molecule has 0 aliphatic carbocycles. The Labute approximate surface area is 196 Å². The number of nitrogens with zero attached hydrogens (tertiary/aromatic N) is 5. The molecule has 174 valence electrons. The number of cyclic esters (lactones) is 1. The minimum Gasteiger partial charge on any atom is -0.447 e. The van der Waals surface area contributed by atoms with Crippen molar-refractivity contribution in [3.8, 4) is 0 Å². The van der Waals surface area contributed by atoms with Crippen LogP contribution < -0.4 is 0 Å². The van der Waals surface area contributed by atoms with E-state index in [0.29, 0.717) is 36.4 Å². The number of likely N-dealkylation sites (tertiary alicyclic amines) is 1. The molecule has 2 fully saturated rings. The molecule has 0 saturated carbocycles. The van der Waals surface area contributed by atoms with Crippen LogP contribution in [0.25, 0.3) is 22.1 Å². The molecule has 5 rings (SSSR count). The molecule has 2 aromatic heterocycles. The van der Waals surface area contributed by atoms with Crippen molar-refractivity contribution >= 4 is 45.8 Å². The Morgan fingerprint density at radius 2 is 2.03 bits per heavy atom. The molecule has 1 atom stereocenters. The van der Waals surface area contributed by atoms with Gasteiger partial charge in [0.25, 0.3) is 0 Å². The number of nitrogens with one attached hydrogen (secondary N) is 1. The van der Waals surface area contributed by atoms with Gasteiger partial charge in [-0.25, -0.2) is 9.78 Å². The fourth-order valence-corrected chi connectivity index (χ4v) is 5.51. The van der Waals surface area contributed by atoms with Gasteiger partial charge in [-0.3, -0.25) is 9.69 Å². The van der Waals surface area contributed by atoms with Gasteiger partial charge < -0.3 is 14.6 Å². The minimum atomic E-state index is -0.210. The number of rotatable bonds is 6. The quantitative estimate of drug-likeness (QED) is 0.553. The van der Waals surface area contributed by atoms with Crippen LogP contribution in [-0.4, -0.2) is 79.5 Å². The highest BCUT2D eigenvalue weighted by Crippen LogP contribution is 2.28. The van der Waals surface area contributed by atoms with Crippen molar-refractivity contribution in [2.75, 3.05) is 25.4 Å². The van der Waals surface area contributed by atoms with Crippen molar-refractivity contribution in [1.29, 1.82) is 0 Å². The molecule has 2 saturated heterocycles. The zero-order valence-corrected chi connectivity index (χ0v) is 19.7. The monoisotopic (exact) mass is 468 g/mol. The fourth-order valence-electron chi connectivity index (χ4n) is 4.82. The van der Waals surface area contributed by atoms with E-state index in [1.807, 2.05) is 34.1 Å². The standard InChI is InChI=1S/C23H28N6O3S/c1-14(2)11-16-12-32-23(31)29(16)15-7-9-28(10-8-15)19(30)13-33-22-25-21-20(26-27-22)17-5-3-4-6-18(17)24-21/h3-6,14-16H,7-13H2,1-2H3,(H,24,25,27)/t16-/m1/s1. The second kappa shape index (κ2) is 9.17. The lowest BCUT2D eigenvalue weighted by Gasteiger charge is -2.38. The number of hydrogen-bond donors (Lipinski definition) is 1. The van der Waals surface area contributed by atoms with Gasteiger partial charge in [-0.05, 0) is 31.2 Å². The van der Waals surface area contributed by atoms with E-state index in [9.17, 15) is 9.59 Å². The van der Waals surface area contributed by atoms with Crippen LogP contribution in [0.5, 0.6) is 0 Å². The number of amides is 2. The van der Waals surface area contributed by atoms with Gasteiger partial charge in [-0.1, -0.05) is 43.8 Å². The summed E-state index contributed by atoms with van der Waals surface area (Å²) in [6.07, 6.45) is 2.28. The molecule has 1 N–H and O–H groups in total. The number of hydrogen-bond acceptors (Lipinski definition) is 7. The normalized spacial score (nSPS) is 19.7. The molecule has 33 heavy (non-hydrogen) atoms. The van der Waals surface area contributed by atoms with Gasteiger partial charge in [0.05, 0.1) is 11.8 Å². The zero-order chi connectivity index (χ0) is 22.9. The molecule has 0 radical (unpaired) electrons. The highest BCUT2D eigenvalue weighted by atomic mass is 32.2. The summed E-state index contributed by atoms with van der Waals surface area (Å²) in [7, 11) is 0. The fraction of sp³-hybridized carbons (Fsp3) is 0.522. The molecule has 10 heteroatoms. The predicted octanol–water partition coefficient (Wildman–Crippen LogP) is 3.46. The summed E-state index contributed by atoms with van der Waals surface area (Å²) in [6, 6.07) is 8.16. The van der Waals surface area contributed by atoms with Crippen molar-refractivity contribution in [3.63, 3.8) is 0 Å². The molecule has 3 aromatic rings. The lowest BCUT2D eigenvalue weighted by Crippen LogP contribution is -2.50. The molecular weight excluding hydrogens is 440 g/mol. The largest absolute Gasteiger partial charge is 0.447 e. The molecule has 0 spiro atoms. The highest BCUT2D eigenvalue weighted by molar-refractivity contribution is 7.99. The van der Waals surface area contributed by atoms with Gasteiger partial charge >= 0.3 is 6.09 Å². The van der Waals surface area contributed by atoms with Crippen LogP contribution in [0, 0.1) is 5.92 Å². The number of ether oxygens (including phenoxy) is 1. The van der Waals surface area contributed by atoms with Gasteiger partial charge in [-0.15, -0.1) is 10.2 Å². The lowest BCUT2D eigenvalue weighted by atomic mass is 9.98. The summed E-state index contributed by atoms with van der Waals surface area (Å²) in [5.41, 5.74) is 2.38. The van der Waals surface area contributed by atoms with E-state index < -0.39 is 0 Å². The first kappa shape index (κ1) is 21.9. The number of fused-ring (bicyclic) bond motifs is 3. The van der Waals surface area contributed by atoms with Crippen LogP contribution in [0.4, 0.5) is 4.79 Å². The van der Waals surface area contributed by atoms with E-state index >= 15 is 0 Å². The number of para-hydroxylation sites is 1. The number of H-pyrrole nitrogens is 1. The van der Waals surface area contributed by atoms with E-state index in [0.717, 1.165) is 35.7 Å². The van der Waals surface area contributed by atoms with Crippen LogP contribution in [0.1, 0.15) is 33.1 Å². The molecule has 2 aliphatic heterocycles. The second-order valence-corrected chi connectivity index (χ2v) is 10.1. The predicted molar refractivity (Wildman–Crippen MR) is 126 cm³/mol. The molecule has 9 nitrogen and oxygen atoms in total. The molecule has 2 amide bonds. The number of benzene rings is 1. The van der Waals surface area contributed by atoms with E-state index in [1.54, 1.807) is 0 Å². The Morgan fingerprint density at radius 1 is 1.24 bits per heavy atom. The summed E-state index contributed by atoms with van der Waals surface area (Å²) in [5, 5.41) is 9.98. The van der Waals surface area contributed by atoms with Crippen LogP contribution >= 0.6 is 11.8 Å². The van der Waals surface area contributed by atoms with Crippen molar-refractivity contribution in [2.45, 2.75) is 50.4 Å². The number of aromatic nitrogens is 4. The zero-order valence-electron chi connectivity index (χ0n) is 18.9. The Morgan fingerprint density at radius 3 is 2.82 bits per heavy atom. The molecule has 1 aromatic carbocycles. The number of thioether (sulfide) groups is 1. The molecule has 4 heterocycles. The van der Waals surface area contributed by atoms with Gasteiger partial charge in [0, 0.05) is 30.0 Å². The van der Waals surface area contributed by atoms with Crippen molar-refractivity contribution < 1.29 is 14.3 Å². The summed E-state index contributed by atoms with van der Waals surface area (Å²) >= 11 is 1.30. The number of aromatic amines is 1. The van der Waals surface area contributed by atoms with E-state index in [1.165, 1.54) is 11.8 Å². The topological polar surface area (TPSA) is 104 Å². The first-order valence-corrected chi connectivity index (χ1v) is 12.4. The summed E-state index contributed by atoms with van der Waals surface area (Å²) in [4.78, 5) is 36.7. The van der Waals surface area contributed by atoms with E-state index in [-0.39, 0.29) is 29.8 Å². The second-order valence-electron chi connectivity index (χ2n) is 9.13. The van der Waals surface area contributed by atoms with E-state index in [2.05, 4.69) is 34.0 Å². The Bertz CT molecular complexity index is 1170. The van der Waals surface area contributed by atoms with Crippen LogP contribution in [0.3, 0.4) is 0 Å². The van der Waals surface area contributed by atoms with Crippen molar-refractivity contribution in [2.24, 2.45) is 5.92 Å². The number of carbonyl (C=O) groups is 2. The minimum absolute atomic E-state index is 0.0570. The molecule has 0 bridgehead atoms. The first-order chi connectivity index (χ1) is 16.0. The van der Waals surface area contributed by atoms with Gasteiger partial charge in [0.1, 0.15) is 12.1 Å². The lowest BCUT2D eigenvalue weighted by molar-refractivity contribution is -0.129. The van der Waals surface area contributed by atoms with Crippen LogP contribution in [0.15, 0.2) is 29.4 Å². The average Bonchev–Trinajstić information content (AvgIpc) is 3.36. The smallest absolute Gasteiger partial charge is 0.410 e. The average molecular weight is 469 g/mol. The summed E-state index contributed by atoms with van der Waals surface area (Å²) in [5.74, 6) is 0.826. The van der Waals surface area contributed by atoms with Crippen LogP contribution in [0.2, 0.25) is 0 Å². The van der Waals surface area contributed by atoms with Gasteiger partial charge in [-0.2, -0.15) is 0 Å². The molecule has 0 unspecified atom stereocenters. The maximum Gasteiger partial charge on any atom is 0.410 e. The number of piperidine rings is 1. The maximum absolute atomic E-state index is 12.8. The third-order valence-electron chi connectivity index (χ3n) is 6.38. The molecule has 2 aliphatic rings. The highest BCUT2D eigenvalue weighted by Gasteiger charge is 2.39. The number of carbonyl (C=O) groups excluding carboxylic acids is 2. The Kier molecular flexibility index (Phi) is 6.09. The van der Waals surface area contributed by atoms with Crippen LogP contribution in [-0.2, 0) is 9.53 Å². The van der Waals surface area contributed by atoms with Gasteiger partial charge in [0.2, 0.25) is 11.1 Å². The Balaban J connectivity index is 1.16. The van der Waals surface area contributed by atoms with Gasteiger partial charge in [0.15, 0.2) is 5.65 Å². The molecular formula is C23H28N6O3S. The van der Waals surface area contributed by atoms with E-state index in [4.69, 9.17) is 4.74 Å². The summed E-state index contributed by atoms with van der Waals surface area (Å²) in [6.45, 7) is 6.08. The van der Waals surface area contributed by atoms with Crippen molar-refractivity contribution in [3.05, 3.63) is 24.3 Å².